The van der Waals surface area contributed by atoms with E-state index in [2.05, 4.69) is 6.92 Å². The Kier molecular flexibility index (Phi) is 15.3. The molecule has 1 atom stereocenters. The minimum absolute atomic E-state index is 0.0212. The van der Waals surface area contributed by atoms with E-state index in [0.29, 0.717) is 6.61 Å². The van der Waals surface area contributed by atoms with Crippen molar-refractivity contribution in [3.63, 3.8) is 0 Å². The summed E-state index contributed by atoms with van der Waals surface area (Å²) in [6.45, 7) is 4.51. The summed E-state index contributed by atoms with van der Waals surface area (Å²) in [5, 5.41) is 9.46. The molecule has 0 saturated heterocycles. The molecule has 126 valence electrons. The lowest BCUT2D eigenvalue weighted by Gasteiger charge is -2.10. The zero-order chi connectivity index (χ0) is 15.8. The maximum Gasteiger partial charge on any atom is 0.302 e. The third-order valence-corrected chi connectivity index (χ3v) is 3.43. The Morgan fingerprint density at radius 1 is 0.905 bits per heavy atom. The Morgan fingerprint density at radius 3 is 1.95 bits per heavy atom. The molecule has 0 rings (SSSR count). The summed E-state index contributed by atoms with van der Waals surface area (Å²) < 4.78 is 10.1. The maximum atomic E-state index is 10.5. The van der Waals surface area contributed by atoms with Crippen LogP contribution in [0, 0.1) is 0 Å². The molecule has 0 aromatic carbocycles. The summed E-state index contributed by atoms with van der Waals surface area (Å²) in [6.07, 6.45) is 12.3. The van der Waals surface area contributed by atoms with Crippen LogP contribution in [0.25, 0.3) is 0 Å². The number of unbranched alkanes of at least 4 members (excludes halogenated alkanes) is 9. The quantitative estimate of drug-likeness (QED) is 0.369. The highest BCUT2D eigenvalue weighted by atomic mass is 16.5. The summed E-state index contributed by atoms with van der Waals surface area (Å²) in [5.41, 5.74) is 0. The van der Waals surface area contributed by atoms with E-state index in [1.807, 2.05) is 0 Å². The topological polar surface area (TPSA) is 55.8 Å². The van der Waals surface area contributed by atoms with Gasteiger partial charge in [-0.15, -0.1) is 0 Å². The fourth-order valence-electron chi connectivity index (χ4n) is 2.17. The van der Waals surface area contributed by atoms with Gasteiger partial charge in [-0.1, -0.05) is 64.7 Å². The van der Waals surface area contributed by atoms with Crippen molar-refractivity contribution < 1.29 is 19.4 Å². The fraction of sp³-hybridized carbons (Fsp3) is 0.941. The first-order valence-electron chi connectivity index (χ1n) is 8.56. The van der Waals surface area contributed by atoms with Crippen LogP contribution in [-0.4, -0.2) is 37.0 Å². The zero-order valence-corrected chi connectivity index (χ0v) is 13.9. The predicted molar refractivity (Wildman–Crippen MR) is 85.3 cm³/mol. The molecule has 0 amide bonds. The SMILES string of the molecule is CCCCCCCCCCCCOCC(O)COC(C)=O. The first-order valence-corrected chi connectivity index (χ1v) is 8.56. The summed E-state index contributed by atoms with van der Waals surface area (Å²) in [7, 11) is 0. The van der Waals surface area contributed by atoms with E-state index in [1.54, 1.807) is 0 Å². The Labute approximate surface area is 130 Å². The third kappa shape index (κ3) is 17.3. The van der Waals surface area contributed by atoms with E-state index in [4.69, 9.17) is 9.47 Å². The molecule has 0 heterocycles. The summed E-state index contributed by atoms with van der Waals surface area (Å²) in [6, 6.07) is 0. The van der Waals surface area contributed by atoms with Gasteiger partial charge in [0.25, 0.3) is 0 Å². The van der Waals surface area contributed by atoms with Gasteiger partial charge in [-0.25, -0.2) is 0 Å². The molecule has 0 spiro atoms. The molecule has 0 aliphatic heterocycles. The van der Waals surface area contributed by atoms with Gasteiger partial charge in [-0.3, -0.25) is 4.79 Å². The van der Waals surface area contributed by atoms with Crippen LogP contribution < -0.4 is 0 Å². The van der Waals surface area contributed by atoms with Gasteiger partial charge in [-0.05, 0) is 6.42 Å². The number of carbonyl (C=O) groups excluding carboxylic acids is 1. The van der Waals surface area contributed by atoms with E-state index in [1.165, 1.54) is 64.7 Å². The second-order valence-electron chi connectivity index (χ2n) is 5.71. The van der Waals surface area contributed by atoms with Crippen LogP contribution in [0.3, 0.4) is 0 Å². The second kappa shape index (κ2) is 15.8. The zero-order valence-electron chi connectivity index (χ0n) is 13.9. The van der Waals surface area contributed by atoms with E-state index in [9.17, 15) is 9.90 Å². The molecular formula is C17H34O4. The molecule has 1 N–H and O–H groups in total. The van der Waals surface area contributed by atoms with Crippen molar-refractivity contribution in [1.82, 2.24) is 0 Å². The number of esters is 1. The van der Waals surface area contributed by atoms with Crippen LogP contribution in [-0.2, 0) is 14.3 Å². The van der Waals surface area contributed by atoms with Crippen LogP contribution in [0.1, 0.15) is 78.1 Å². The molecule has 0 aromatic rings. The van der Waals surface area contributed by atoms with Crippen LogP contribution >= 0.6 is 0 Å². The maximum absolute atomic E-state index is 10.5. The van der Waals surface area contributed by atoms with Crippen molar-refractivity contribution in [2.24, 2.45) is 0 Å². The molecule has 1 unspecified atom stereocenters. The van der Waals surface area contributed by atoms with Gasteiger partial charge in [-0.2, -0.15) is 0 Å². The Morgan fingerprint density at radius 2 is 1.43 bits per heavy atom. The lowest BCUT2D eigenvalue weighted by molar-refractivity contribution is -0.145. The highest BCUT2D eigenvalue weighted by molar-refractivity contribution is 5.65. The molecule has 0 fully saturated rings. The van der Waals surface area contributed by atoms with Gasteiger partial charge in [0.05, 0.1) is 6.61 Å². The molecule has 0 aliphatic rings. The smallest absolute Gasteiger partial charge is 0.302 e. The van der Waals surface area contributed by atoms with Gasteiger partial charge in [0.15, 0.2) is 0 Å². The first kappa shape index (κ1) is 20.4. The fourth-order valence-corrected chi connectivity index (χ4v) is 2.17. The highest BCUT2D eigenvalue weighted by Gasteiger charge is 2.05. The van der Waals surface area contributed by atoms with E-state index in [-0.39, 0.29) is 19.2 Å². The molecule has 0 saturated carbocycles. The summed E-state index contributed by atoms with van der Waals surface area (Å²) in [5.74, 6) is -0.372. The largest absolute Gasteiger partial charge is 0.463 e. The van der Waals surface area contributed by atoms with E-state index >= 15 is 0 Å². The normalized spacial score (nSPS) is 12.3. The molecular weight excluding hydrogens is 268 g/mol. The molecule has 0 bridgehead atoms. The molecule has 4 nitrogen and oxygen atoms in total. The van der Waals surface area contributed by atoms with Crippen molar-refractivity contribution >= 4 is 5.97 Å². The second-order valence-corrected chi connectivity index (χ2v) is 5.71. The number of ether oxygens (including phenoxy) is 2. The van der Waals surface area contributed by atoms with Crippen LogP contribution in [0.4, 0.5) is 0 Å². The van der Waals surface area contributed by atoms with Crippen molar-refractivity contribution in [3.8, 4) is 0 Å². The number of aliphatic hydroxyl groups is 1. The minimum atomic E-state index is -0.711. The average Bonchev–Trinajstić information content (AvgIpc) is 2.46. The number of hydrogen-bond acceptors (Lipinski definition) is 4. The summed E-state index contributed by atoms with van der Waals surface area (Å²) in [4.78, 5) is 10.5. The summed E-state index contributed by atoms with van der Waals surface area (Å²) >= 11 is 0. The average molecular weight is 302 g/mol. The number of aliphatic hydroxyl groups excluding tert-OH is 1. The van der Waals surface area contributed by atoms with Crippen LogP contribution in [0.2, 0.25) is 0 Å². The van der Waals surface area contributed by atoms with E-state index in [0.717, 1.165) is 6.42 Å². The van der Waals surface area contributed by atoms with Gasteiger partial charge in [0.1, 0.15) is 12.7 Å². The molecule has 0 radical (unpaired) electrons. The standard InChI is InChI=1S/C17H34O4/c1-3-4-5-6-7-8-9-10-11-12-13-20-14-17(19)15-21-16(2)18/h17,19H,3-15H2,1-2H3. The number of hydrogen-bond donors (Lipinski definition) is 1. The molecule has 0 aliphatic carbocycles. The Hall–Kier alpha value is -0.610. The van der Waals surface area contributed by atoms with Gasteiger partial charge >= 0.3 is 5.97 Å². The highest BCUT2D eigenvalue weighted by Crippen LogP contribution is 2.10. The van der Waals surface area contributed by atoms with Gasteiger partial charge < -0.3 is 14.6 Å². The van der Waals surface area contributed by atoms with Crippen LogP contribution in [0.15, 0.2) is 0 Å². The predicted octanol–water partition coefficient (Wildman–Crippen LogP) is 3.85. The Bertz CT molecular complexity index is 231. The molecule has 4 heteroatoms. The molecule has 21 heavy (non-hydrogen) atoms. The van der Waals surface area contributed by atoms with Gasteiger partial charge in [0, 0.05) is 13.5 Å². The van der Waals surface area contributed by atoms with Crippen LogP contribution in [0.5, 0.6) is 0 Å². The van der Waals surface area contributed by atoms with Crippen molar-refractivity contribution in [2.75, 3.05) is 19.8 Å². The van der Waals surface area contributed by atoms with Gasteiger partial charge in [0.2, 0.25) is 0 Å². The third-order valence-electron chi connectivity index (χ3n) is 3.43. The first-order chi connectivity index (χ1) is 10.2. The minimum Gasteiger partial charge on any atom is -0.463 e. The van der Waals surface area contributed by atoms with Crippen molar-refractivity contribution in [3.05, 3.63) is 0 Å². The number of rotatable bonds is 15. The lowest BCUT2D eigenvalue weighted by Crippen LogP contribution is -2.23. The molecule has 0 aromatic heterocycles. The lowest BCUT2D eigenvalue weighted by atomic mass is 10.1. The van der Waals surface area contributed by atoms with Crippen molar-refractivity contribution in [2.45, 2.75) is 84.2 Å². The number of carbonyl (C=O) groups is 1. The van der Waals surface area contributed by atoms with E-state index < -0.39 is 6.10 Å². The van der Waals surface area contributed by atoms with Crippen molar-refractivity contribution in [1.29, 1.82) is 0 Å². The Balaban J connectivity index is 3.10. The monoisotopic (exact) mass is 302 g/mol.